The van der Waals surface area contributed by atoms with Crippen LogP contribution in [0.4, 0.5) is 0 Å². The standard InChI is InChI=1S/C19H21BrN2O/c1-12-6-5-7-13(2)16(12)11-22-18-9-14(20)8-17(19(3,4)23)15(18)10-21-22/h5-10,23H,11H2,1-4H3. The lowest BCUT2D eigenvalue weighted by atomic mass is 9.95. The van der Waals surface area contributed by atoms with Gasteiger partial charge in [0.05, 0.1) is 23.9 Å². The lowest BCUT2D eigenvalue weighted by Crippen LogP contribution is -2.16. The van der Waals surface area contributed by atoms with E-state index in [0.29, 0.717) is 0 Å². The van der Waals surface area contributed by atoms with Crippen molar-refractivity contribution in [3.63, 3.8) is 0 Å². The van der Waals surface area contributed by atoms with Gasteiger partial charge in [0.2, 0.25) is 0 Å². The predicted molar refractivity (Wildman–Crippen MR) is 97.7 cm³/mol. The van der Waals surface area contributed by atoms with Crippen LogP contribution in [0, 0.1) is 13.8 Å². The molecule has 0 fully saturated rings. The largest absolute Gasteiger partial charge is 0.386 e. The van der Waals surface area contributed by atoms with Gasteiger partial charge in [-0.2, -0.15) is 5.10 Å². The topological polar surface area (TPSA) is 38.0 Å². The summed E-state index contributed by atoms with van der Waals surface area (Å²) in [6, 6.07) is 10.4. The molecule has 0 bridgehead atoms. The third kappa shape index (κ3) is 3.06. The minimum Gasteiger partial charge on any atom is -0.386 e. The van der Waals surface area contributed by atoms with Crippen LogP contribution in [-0.2, 0) is 12.1 Å². The molecule has 0 aliphatic carbocycles. The zero-order valence-corrected chi connectivity index (χ0v) is 15.5. The maximum atomic E-state index is 10.4. The van der Waals surface area contributed by atoms with E-state index in [1.165, 1.54) is 16.7 Å². The molecule has 3 nitrogen and oxygen atoms in total. The molecule has 0 atom stereocenters. The molecular formula is C19H21BrN2O. The number of aromatic nitrogens is 2. The SMILES string of the molecule is Cc1cccc(C)c1Cn1ncc2c(C(C)(C)O)cc(Br)cc21. The monoisotopic (exact) mass is 372 g/mol. The Morgan fingerprint density at radius 1 is 1.17 bits per heavy atom. The van der Waals surface area contributed by atoms with Gasteiger partial charge in [0.1, 0.15) is 0 Å². The zero-order valence-electron chi connectivity index (χ0n) is 13.9. The summed E-state index contributed by atoms with van der Waals surface area (Å²) in [7, 11) is 0. The average molecular weight is 373 g/mol. The fourth-order valence-electron chi connectivity index (χ4n) is 3.02. The second-order valence-corrected chi connectivity index (χ2v) is 7.53. The molecule has 2 aromatic carbocycles. The fourth-order valence-corrected chi connectivity index (χ4v) is 3.47. The third-order valence-electron chi connectivity index (χ3n) is 4.34. The van der Waals surface area contributed by atoms with Crippen molar-refractivity contribution < 1.29 is 5.11 Å². The van der Waals surface area contributed by atoms with E-state index in [1.807, 2.05) is 16.9 Å². The van der Waals surface area contributed by atoms with E-state index in [4.69, 9.17) is 0 Å². The van der Waals surface area contributed by atoms with Crippen molar-refractivity contribution in [2.24, 2.45) is 0 Å². The van der Waals surface area contributed by atoms with Crippen molar-refractivity contribution in [1.29, 1.82) is 0 Å². The summed E-state index contributed by atoms with van der Waals surface area (Å²) in [4.78, 5) is 0. The second kappa shape index (κ2) is 5.77. The summed E-state index contributed by atoms with van der Waals surface area (Å²) in [6.07, 6.45) is 1.85. The molecule has 1 N–H and O–H groups in total. The van der Waals surface area contributed by atoms with E-state index in [9.17, 15) is 5.11 Å². The molecule has 1 aromatic heterocycles. The highest BCUT2D eigenvalue weighted by Gasteiger charge is 2.21. The van der Waals surface area contributed by atoms with E-state index in [2.05, 4.69) is 59.1 Å². The van der Waals surface area contributed by atoms with Gasteiger partial charge in [-0.1, -0.05) is 34.1 Å². The molecule has 0 aliphatic rings. The van der Waals surface area contributed by atoms with E-state index in [-0.39, 0.29) is 0 Å². The highest BCUT2D eigenvalue weighted by atomic mass is 79.9. The summed E-state index contributed by atoms with van der Waals surface area (Å²) < 4.78 is 2.95. The Morgan fingerprint density at radius 3 is 2.43 bits per heavy atom. The molecule has 0 radical (unpaired) electrons. The van der Waals surface area contributed by atoms with Crippen molar-refractivity contribution in [1.82, 2.24) is 9.78 Å². The summed E-state index contributed by atoms with van der Waals surface area (Å²) in [5.41, 5.74) is 4.84. The summed E-state index contributed by atoms with van der Waals surface area (Å²) in [5.74, 6) is 0. The van der Waals surface area contributed by atoms with E-state index in [0.717, 1.165) is 27.5 Å². The molecule has 0 unspecified atom stereocenters. The normalized spacial score (nSPS) is 12.1. The Bertz CT molecular complexity index is 855. The van der Waals surface area contributed by atoms with Gasteiger partial charge in [0.25, 0.3) is 0 Å². The molecule has 3 aromatic rings. The first-order chi connectivity index (χ1) is 10.8. The molecule has 0 saturated carbocycles. The van der Waals surface area contributed by atoms with E-state index < -0.39 is 5.60 Å². The molecular weight excluding hydrogens is 352 g/mol. The molecule has 1 heterocycles. The number of nitrogens with zero attached hydrogens (tertiary/aromatic N) is 2. The highest BCUT2D eigenvalue weighted by Crippen LogP contribution is 2.32. The lowest BCUT2D eigenvalue weighted by molar-refractivity contribution is 0.0801. The number of fused-ring (bicyclic) bond motifs is 1. The first kappa shape index (κ1) is 16.2. The quantitative estimate of drug-likeness (QED) is 0.723. The number of benzene rings is 2. The van der Waals surface area contributed by atoms with Crippen LogP contribution < -0.4 is 0 Å². The van der Waals surface area contributed by atoms with Crippen LogP contribution >= 0.6 is 15.9 Å². The number of halogens is 1. The molecule has 0 saturated heterocycles. The molecule has 0 spiro atoms. The maximum Gasteiger partial charge on any atom is 0.0848 e. The van der Waals surface area contributed by atoms with Crippen LogP contribution in [0.2, 0.25) is 0 Å². The van der Waals surface area contributed by atoms with Crippen LogP contribution in [0.3, 0.4) is 0 Å². The molecule has 0 aliphatic heterocycles. The molecule has 4 heteroatoms. The summed E-state index contributed by atoms with van der Waals surface area (Å²) in [6.45, 7) is 8.59. The lowest BCUT2D eigenvalue weighted by Gasteiger charge is -2.19. The van der Waals surface area contributed by atoms with Gasteiger partial charge in [-0.3, -0.25) is 4.68 Å². The average Bonchev–Trinajstić information content (AvgIpc) is 2.84. The van der Waals surface area contributed by atoms with Gasteiger partial charge in [-0.05, 0) is 62.1 Å². The Labute approximate surface area is 145 Å². The third-order valence-corrected chi connectivity index (χ3v) is 4.80. The van der Waals surface area contributed by atoms with Crippen molar-refractivity contribution in [3.05, 3.63) is 63.3 Å². The molecule has 23 heavy (non-hydrogen) atoms. The Kier molecular flexibility index (Phi) is 4.07. The Hall–Kier alpha value is -1.65. The van der Waals surface area contributed by atoms with Gasteiger partial charge in [-0.15, -0.1) is 0 Å². The van der Waals surface area contributed by atoms with Gasteiger partial charge in [0.15, 0.2) is 0 Å². The van der Waals surface area contributed by atoms with E-state index >= 15 is 0 Å². The van der Waals surface area contributed by atoms with Gasteiger partial charge >= 0.3 is 0 Å². The van der Waals surface area contributed by atoms with Crippen molar-refractivity contribution >= 4 is 26.8 Å². The smallest absolute Gasteiger partial charge is 0.0848 e. The van der Waals surface area contributed by atoms with Gasteiger partial charge in [0, 0.05) is 9.86 Å². The van der Waals surface area contributed by atoms with E-state index in [1.54, 1.807) is 13.8 Å². The van der Waals surface area contributed by atoms with Crippen LogP contribution in [0.5, 0.6) is 0 Å². The van der Waals surface area contributed by atoms with Gasteiger partial charge in [-0.25, -0.2) is 0 Å². The predicted octanol–water partition coefficient (Wildman–Crippen LogP) is 4.69. The van der Waals surface area contributed by atoms with Crippen molar-refractivity contribution in [2.45, 2.75) is 39.8 Å². The minimum absolute atomic E-state index is 0.726. The second-order valence-electron chi connectivity index (χ2n) is 6.62. The maximum absolute atomic E-state index is 10.4. The van der Waals surface area contributed by atoms with Crippen LogP contribution in [0.1, 0.15) is 36.1 Å². The molecule has 0 amide bonds. The fraction of sp³-hybridized carbons (Fsp3) is 0.316. The van der Waals surface area contributed by atoms with Crippen molar-refractivity contribution in [3.8, 4) is 0 Å². The Morgan fingerprint density at radius 2 is 1.83 bits per heavy atom. The molecule has 120 valence electrons. The summed E-state index contributed by atoms with van der Waals surface area (Å²) >= 11 is 3.56. The Balaban J connectivity index is 2.15. The first-order valence-corrected chi connectivity index (χ1v) is 8.49. The van der Waals surface area contributed by atoms with Crippen LogP contribution in [0.15, 0.2) is 41.0 Å². The number of hydrogen-bond donors (Lipinski definition) is 1. The van der Waals surface area contributed by atoms with Gasteiger partial charge < -0.3 is 5.11 Å². The highest BCUT2D eigenvalue weighted by molar-refractivity contribution is 9.10. The zero-order chi connectivity index (χ0) is 16.8. The van der Waals surface area contributed by atoms with Crippen molar-refractivity contribution in [2.75, 3.05) is 0 Å². The minimum atomic E-state index is -0.908. The first-order valence-electron chi connectivity index (χ1n) is 7.70. The number of hydrogen-bond acceptors (Lipinski definition) is 2. The van der Waals surface area contributed by atoms with Crippen LogP contribution in [-0.4, -0.2) is 14.9 Å². The number of rotatable bonds is 3. The number of aliphatic hydroxyl groups is 1. The molecule has 3 rings (SSSR count). The summed E-state index contributed by atoms with van der Waals surface area (Å²) in [5, 5.41) is 16.0. The number of aryl methyl sites for hydroxylation is 2. The van der Waals surface area contributed by atoms with Crippen LogP contribution in [0.25, 0.3) is 10.9 Å².